The van der Waals surface area contributed by atoms with Gasteiger partial charge in [0.25, 0.3) is 0 Å². The standard InChI is InChI=1S/C31H39ClN6O4/c1-17(2)37(30(41)42-31(3,4)5)15-24(18-6-8-19(32)9-7-18)29(40)38-20-10-11-21(38)14-36(13-20)27-25-22-12-23(22)28(39)35-26(25)33-16-34-27/h6-9,16-17,20-24H,10-15H2,1-5H3,(H,33,34,35,39)/t20?,21?,22-,23+,24+/m0/s1. The van der Waals surface area contributed by atoms with E-state index in [1.807, 2.05) is 46.8 Å². The summed E-state index contributed by atoms with van der Waals surface area (Å²) in [5.74, 6) is 1.17. The monoisotopic (exact) mass is 594 g/mol. The molecule has 3 aliphatic heterocycles. The molecule has 42 heavy (non-hydrogen) atoms. The van der Waals surface area contributed by atoms with Gasteiger partial charge in [-0.3, -0.25) is 9.59 Å². The number of aromatic nitrogens is 2. The largest absolute Gasteiger partial charge is 0.444 e. The number of halogens is 1. The van der Waals surface area contributed by atoms with Gasteiger partial charge in [-0.05, 0) is 71.6 Å². The Morgan fingerprint density at radius 3 is 2.38 bits per heavy atom. The van der Waals surface area contributed by atoms with Gasteiger partial charge < -0.3 is 24.8 Å². The van der Waals surface area contributed by atoms with E-state index in [-0.39, 0.29) is 48.3 Å². The quantitative estimate of drug-likeness (QED) is 0.512. The second-order valence-electron chi connectivity index (χ2n) is 13.3. The summed E-state index contributed by atoms with van der Waals surface area (Å²) in [6.07, 6.45) is 3.71. The van der Waals surface area contributed by atoms with E-state index in [0.29, 0.717) is 23.9 Å². The number of carbonyl (C=O) groups excluding carboxylic acids is 3. The number of hydrogen-bond donors (Lipinski definition) is 1. The van der Waals surface area contributed by atoms with Gasteiger partial charge in [-0.25, -0.2) is 14.8 Å². The van der Waals surface area contributed by atoms with Crippen molar-refractivity contribution in [1.29, 1.82) is 0 Å². The summed E-state index contributed by atoms with van der Waals surface area (Å²) < 4.78 is 5.72. The molecule has 3 fully saturated rings. The lowest BCUT2D eigenvalue weighted by Crippen LogP contribution is -2.58. The number of piperazine rings is 1. The average molecular weight is 595 g/mol. The molecule has 2 unspecified atom stereocenters. The Bertz CT molecular complexity index is 1380. The van der Waals surface area contributed by atoms with Crippen molar-refractivity contribution in [2.75, 3.05) is 29.9 Å². The van der Waals surface area contributed by atoms with E-state index in [0.717, 1.165) is 36.2 Å². The fraction of sp³-hybridized carbons (Fsp3) is 0.581. The van der Waals surface area contributed by atoms with E-state index in [9.17, 15) is 14.4 Å². The molecule has 1 saturated carbocycles. The number of amides is 3. The van der Waals surface area contributed by atoms with Crippen molar-refractivity contribution in [2.45, 2.75) is 89.4 Å². The molecule has 6 rings (SSSR count). The zero-order valence-electron chi connectivity index (χ0n) is 24.8. The molecule has 224 valence electrons. The summed E-state index contributed by atoms with van der Waals surface area (Å²) in [5, 5.41) is 3.54. The molecule has 1 aliphatic carbocycles. The second kappa shape index (κ2) is 10.7. The van der Waals surface area contributed by atoms with E-state index in [2.05, 4.69) is 25.1 Å². The minimum Gasteiger partial charge on any atom is -0.444 e. The summed E-state index contributed by atoms with van der Waals surface area (Å²) in [5.41, 5.74) is 1.20. The van der Waals surface area contributed by atoms with Gasteiger partial charge in [-0.15, -0.1) is 0 Å². The van der Waals surface area contributed by atoms with Crippen LogP contribution in [-0.4, -0.2) is 81.0 Å². The molecule has 0 spiro atoms. The maximum atomic E-state index is 14.5. The SMILES string of the molecule is CC(C)N(C[C@@H](C(=O)N1C2CCC1CN(c1ncnc3c1[C@H]1C[C@H]1C(=O)N3)C2)c1ccc(Cl)cc1)C(=O)OC(C)(C)C. The highest BCUT2D eigenvalue weighted by Crippen LogP contribution is 2.55. The third-order valence-electron chi connectivity index (χ3n) is 8.84. The molecule has 1 aromatic heterocycles. The van der Waals surface area contributed by atoms with Crippen LogP contribution in [0.1, 0.15) is 76.8 Å². The smallest absolute Gasteiger partial charge is 0.410 e. The molecule has 11 heteroatoms. The number of anilines is 2. The third-order valence-corrected chi connectivity index (χ3v) is 9.09. The summed E-state index contributed by atoms with van der Waals surface area (Å²) in [6, 6.07) is 7.21. The molecular weight excluding hydrogens is 556 g/mol. The van der Waals surface area contributed by atoms with Gasteiger partial charge in [0.2, 0.25) is 11.8 Å². The molecule has 2 saturated heterocycles. The predicted octanol–water partition coefficient (Wildman–Crippen LogP) is 4.79. The first-order valence-corrected chi connectivity index (χ1v) is 15.3. The van der Waals surface area contributed by atoms with Crippen LogP contribution < -0.4 is 10.2 Å². The fourth-order valence-electron chi connectivity index (χ4n) is 6.74. The average Bonchev–Trinajstić information content (AvgIpc) is 3.68. The summed E-state index contributed by atoms with van der Waals surface area (Å²) in [6.45, 7) is 10.9. The number of ether oxygens (including phenoxy) is 1. The predicted molar refractivity (Wildman–Crippen MR) is 160 cm³/mol. The van der Waals surface area contributed by atoms with Crippen molar-refractivity contribution in [3.8, 4) is 0 Å². The zero-order chi connectivity index (χ0) is 29.9. The van der Waals surface area contributed by atoms with E-state index in [1.54, 1.807) is 17.0 Å². The minimum absolute atomic E-state index is 0.0100. The Hall–Kier alpha value is -3.40. The topological polar surface area (TPSA) is 108 Å². The first-order valence-electron chi connectivity index (χ1n) is 14.9. The third kappa shape index (κ3) is 5.41. The molecule has 4 aliphatic rings. The van der Waals surface area contributed by atoms with Gasteiger partial charge in [0.15, 0.2) is 0 Å². The number of nitrogens with zero attached hydrogens (tertiary/aromatic N) is 5. The van der Waals surface area contributed by atoms with Crippen LogP contribution in [0.15, 0.2) is 30.6 Å². The van der Waals surface area contributed by atoms with E-state index in [4.69, 9.17) is 16.3 Å². The fourth-order valence-corrected chi connectivity index (χ4v) is 6.87. The molecule has 2 aromatic rings. The maximum absolute atomic E-state index is 14.5. The Kier molecular flexibility index (Phi) is 7.32. The molecule has 5 atom stereocenters. The molecular formula is C31H39ClN6O4. The van der Waals surface area contributed by atoms with Crippen molar-refractivity contribution >= 4 is 41.1 Å². The van der Waals surface area contributed by atoms with Crippen LogP contribution in [0.4, 0.5) is 16.4 Å². The molecule has 10 nitrogen and oxygen atoms in total. The number of hydrogen-bond acceptors (Lipinski definition) is 7. The number of fused-ring (bicyclic) bond motifs is 5. The molecule has 0 radical (unpaired) electrons. The lowest BCUT2D eigenvalue weighted by molar-refractivity contribution is -0.136. The van der Waals surface area contributed by atoms with Gasteiger partial charge in [0.05, 0.1) is 5.92 Å². The summed E-state index contributed by atoms with van der Waals surface area (Å²) >= 11 is 6.21. The van der Waals surface area contributed by atoms with Crippen LogP contribution in [0.2, 0.25) is 5.02 Å². The second-order valence-corrected chi connectivity index (χ2v) is 13.7. The normalized spacial score (nSPS) is 25.0. The highest BCUT2D eigenvalue weighted by Gasteiger charge is 2.52. The van der Waals surface area contributed by atoms with Crippen LogP contribution in [0.3, 0.4) is 0 Å². The number of benzene rings is 1. The highest BCUT2D eigenvalue weighted by atomic mass is 35.5. The van der Waals surface area contributed by atoms with Crippen molar-refractivity contribution in [3.63, 3.8) is 0 Å². The van der Waals surface area contributed by atoms with Crippen LogP contribution in [0.5, 0.6) is 0 Å². The molecule has 1 aromatic carbocycles. The van der Waals surface area contributed by atoms with E-state index >= 15 is 0 Å². The van der Waals surface area contributed by atoms with Gasteiger partial charge in [0.1, 0.15) is 23.6 Å². The number of rotatable bonds is 6. The molecule has 2 bridgehead atoms. The van der Waals surface area contributed by atoms with Gasteiger partial charge in [-0.2, -0.15) is 0 Å². The molecule has 4 heterocycles. The van der Waals surface area contributed by atoms with E-state index < -0.39 is 17.6 Å². The lowest BCUT2D eigenvalue weighted by Gasteiger charge is -2.44. The van der Waals surface area contributed by atoms with Crippen LogP contribution in [-0.2, 0) is 14.3 Å². The van der Waals surface area contributed by atoms with E-state index in [1.165, 1.54) is 6.33 Å². The van der Waals surface area contributed by atoms with Gasteiger partial charge in [-0.1, -0.05) is 23.7 Å². The summed E-state index contributed by atoms with van der Waals surface area (Å²) in [4.78, 5) is 55.0. The number of nitrogens with one attached hydrogen (secondary N) is 1. The van der Waals surface area contributed by atoms with Crippen molar-refractivity contribution in [2.24, 2.45) is 5.92 Å². The molecule has 1 N–H and O–H groups in total. The number of carbonyl (C=O) groups is 3. The zero-order valence-corrected chi connectivity index (χ0v) is 25.6. The Morgan fingerprint density at radius 2 is 1.76 bits per heavy atom. The van der Waals surface area contributed by atoms with Gasteiger partial charge in [0, 0.05) is 60.2 Å². The minimum atomic E-state index is -0.650. The van der Waals surface area contributed by atoms with Crippen molar-refractivity contribution in [1.82, 2.24) is 19.8 Å². The van der Waals surface area contributed by atoms with Crippen LogP contribution >= 0.6 is 11.6 Å². The van der Waals surface area contributed by atoms with Crippen LogP contribution in [0.25, 0.3) is 0 Å². The Labute approximate surface area is 251 Å². The molecule has 3 amide bonds. The Balaban J connectivity index is 1.26. The van der Waals surface area contributed by atoms with Crippen molar-refractivity contribution in [3.05, 3.63) is 46.7 Å². The van der Waals surface area contributed by atoms with Crippen molar-refractivity contribution < 1.29 is 19.1 Å². The first-order chi connectivity index (χ1) is 19.9. The lowest BCUT2D eigenvalue weighted by atomic mass is 9.95. The maximum Gasteiger partial charge on any atom is 0.410 e. The van der Waals surface area contributed by atoms with Crippen LogP contribution in [0, 0.1) is 5.92 Å². The summed E-state index contributed by atoms with van der Waals surface area (Å²) in [7, 11) is 0. The Morgan fingerprint density at radius 1 is 1.10 bits per heavy atom. The first kappa shape index (κ1) is 28.7. The highest BCUT2D eigenvalue weighted by molar-refractivity contribution is 6.30. The van der Waals surface area contributed by atoms with Gasteiger partial charge >= 0.3 is 6.09 Å².